The first-order chi connectivity index (χ1) is 14.1. The lowest BCUT2D eigenvalue weighted by Gasteiger charge is -2.10. The van der Waals surface area contributed by atoms with Gasteiger partial charge in [-0.1, -0.05) is 35.5 Å². The number of aromatic nitrogens is 2. The van der Waals surface area contributed by atoms with Crippen LogP contribution in [0.1, 0.15) is 18.4 Å². The van der Waals surface area contributed by atoms with E-state index in [4.69, 9.17) is 14.0 Å². The van der Waals surface area contributed by atoms with Crippen LogP contribution in [0, 0.1) is 0 Å². The van der Waals surface area contributed by atoms with Gasteiger partial charge in [-0.2, -0.15) is 4.98 Å². The van der Waals surface area contributed by atoms with E-state index >= 15 is 0 Å². The molecule has 0 aliphatic carbocycles. The molecule has 0 spiro atoms. The van der Waals surface area contributed by atoms with E-state index in [1.54, 1.807) is 44.2 Å². The number of ether oxygens (including phenoxy) is 2. The first-order valence-corrected chi connectivity index (χ1v) is 10.1. The normalized spacial score (nSPS) is 11.7. The lowest BCUT2D eigenvalue weighted by molar-refractivity contribution is -0.120. The molecule has 1 aromatic heterocycles. The summed E-state index contributed by atoms with van der Waals surface area (Å²) in [5, 5.41) is 6.63. The molecule has 1 atom stereocenters. The third kappa shape index (κ3) is 5.51. The highest BCUT2D eigenvalue weighted by Crippen LogP contribution is 2.31. The highest BCUT2D eigenvalue weighted by Gasteiger charge is 2.17. The number of nitrogens with one attached hydrogen (secondary N) is 1. The van der Waals surface area contributed by atoms with Crippen molar-refractivity contribution in [3.8, 4) is 22.9 Å². The van der Waals surface area contributed by atoms with Crippen molar-refractivity contribution in [1.82, 2.24) is 15.5 Å². The van der Waals surface area contributed by atoms with Gasteiger partial charge in [0.25, 0.3) is 0 Å². The smallest absolute Gasteiger partial charge is 0.246 e. The van der Waals surface area contributed by atoms with Crippen molar-refractivity contribution in [2.45, 2.75) is 24.5 Å². The Morgan fingerprint density at radius 2 is 1.97 bits per heavy atom. The fraction of sp³-hybridized carbons (Fsp3) is 0.286. The van der Waals surface area contributed by atoms with Crippen molar-refractivity contribution >= 4 is 17.7 Å². The molecule has 0 fully saturated rings. The molecule has 0 aliphatic heterocycles. The number of carbonyl (C=O) groups excluding carboxylic acids is 1. The molecule has 152 valence electrons. The number of thioether (sulfide) groups is 1. The van der Waals surface area contributed by atoms with E-state index in [1.165, 1.54) is 5.56 Å². The maximum absolute atomic E-state index is 12.3. The highest BCUT2D eigenvalue weighted by molar-refractivity contribution is 7.99. The summed E-state index contributed by atoms with van der Waals surface area (Å²) in [5.74, 6) is 2.66. The van der Waals surface area contributed by atoms with Crippen molar-refractivity contribution in [1.29, 1.82) is 0 Å². The van der Waals surface area contributed by atoms with Gasteiger partial charge >= 0.3 is 0 Å². The van der Waals surface area contributed by atoms with Crippen LogP contribution in [-0.2, 0) is 17.1 Å². The van der Waals surface area contributed by atoms with Gasteiger partial charge in [-0.25, -0.2) is 0 Å². The maximum atomic E-state index is 12.3. The lowest BCUT2D eigenvalue weighted by Crippen LogP contribution is -2.30. The van der Waals surface area contributed by atoms with Gasteiger partial charge in [-0.05, 0) is 24.6 Å². The van der Waals surface area contributed by atoms with Crippen LogP contribution in [-0.4, -0.2) is 35.5 Å². The number of amides is 1. The van der Waals surface area contributed by atoms with Crippen LogP contribution in [0.4, 0.5) is 0 Å². The van der Waals surface area contributed by atoms with Gasteiger partial charge in [0, 0.05) is 11.8 Å². The molecule has 7 nitrogen and oxygen atoms in total. The molecule has 8 heteroatoms. The SMILES string of the molecule is COc1ccc(-c2noc(CNC(=O)[C@@H](C)SCc3ccccc3)n2)c(OC)c1. The second-order valence-electron chi connectivity index (χ2n) is 6.23. The zero-order valence-corrected chi connectivity index (χ0v) is 17.4. The molecule has 3 rings (SSSR count). The Bertz CT molecular complexity index is 946. The van der Waals surface area contributed by atoms with Crippen molar-refractivity contribution in [2.24, 2.45) is 0 Å². The minimum Gasteiger partial charge on any atom is -0.497 e. The largest absolute Gasteiger partial charge is 0.497 e. The van der Waals surface area contributed by atoms with Crippen molar-refractivity contribution in [2.75, 3.05) is 14.2 Å². The summed E-state index contributed by atoms with van der Waals surface area (Å²) in [7, 11) is 3.15. The maximum Gasteiger partial charge on any atom is 0.246 e. The van der Waals surface area contributed by atoms with Crippen LogP contribution in [0.25, 0.3) is 11.4 Å². The van der Waals surface area contributed by atoms with Gasteiger partial charge in [-0.3, -0.25) is 4.79 Å². The number of hydrogen-bond donors (Lipinski definition) is 1. The van der Waals surface area contributed by atoms with Gasteiger partial charge in [0.2, 0.25) is 17.6 Å². The van der Waals surface area contributed by atoms with Gasteiger partial charge in [0.15, 0.2) is 0 Å². The second-order valence-corrected chi connectivity index (χ2v) is 7.56. The summed E-state index contributed by atoms with van der Waals surface area (Å²) < 4.78 is 15.8. The molecule has 2 aromatic carbocycles. The highest BCUT2D eigenvalue weighted by atomic mass is 32.2. The number of carbonyl (C=O) groups is 1. The molecule has 0 radical (unpaired) electrons. The van der Waals surface area contributed by atoms with Gasteiger partial charge in [-0.15, -0.1) is 11.8 Å². The number of benzene rings is 2. The van der Waals surface area contributed by atoms with Crippen molar-refractivity contribution in [3.63, 3.8) is 0 Å². The van der Waals surface area contributed by atoms with Crippen LogP contribution in [0.2, 0.25) is 0 Å². The number of rotatable bonds is 9. The molecular weight excluding hydrogens is 390 g/mol. The fourth-order valence-corrected chi connectivity index (χ4v) is 3.47. The second kappa shape index (κ2) is 9.97. The first-order valence-electron chi connectivity index (χ1n) is 9.09. The molecule has 1 amide bonds. The van der Waals surface area contributed by atoms with Crippen LogP contribution >= 0.6 is 11.8 Å². The predicted molar refractivity (Wildman–Crippen MR) is 112 cm³/mol. The molecule has 0 unspecified atom stereocenters. The Morgan fingerprint density at radius 1 is 1.17 bits per heavy atom. The fourth-order valence-electron chi connectivity index (χ4n) is 2.60. The van der Waals surface area contributed by atoms with Crippen LogP contribution in [0.5, 0.6) is 11.5 Å². The Kier molecular flexibility index (Phi) is 7.13. The Morgan fingerprint density at radius 3 is 2.69 bits per heavy atom. The molecule has 29 heavy (non-hydrogen) atoms. The predicted octanol–water partition coefficient (Wildman–Crippen LogP) is 3.69. The van der Waals surface area contributed by atoms with E-state index in [0.717, 1.165) is 5.75 Å². The molecule has 0 saturated heterocycles. The molecular formula is C21H23N3O4S. The molecule has 0 saturated carbocycles. The summed E-state index contributed by atoms with van der Waals surface area (Å²) in [5.41, 5.74) is 1.87. The minimum absolute atomic E-state index is 0.0762. The average Bonchev–Trinajstić information content (AvgIpc) is 3.24. The zero-order valence-electron chi connectivity index (χ0n) is 16.5. The summed E-state index contributed by atoms with van der Waals surface area (Å²) in [6.07, 6.45) is 0. The summed E-state index contributed by atoms with van der Waals surface area (Å²) >= 11 is 1.58. The van der Waals surface area contributed by atoms with Crippen molar-refractivity contribution < 1.29 is 18.8 Å². The molecule has 1 N–H and O–H groups in total. The van der Waals surface area contributed by atoms with E-state index < -0.39 is 0 Å². The summed E-state index contributed by atoms with van der Waals surface area (Å²) in [6, 6.07) is 15.4. The standard InChI is InChI=1S/C21H23N3O4S/c1-14(29-13-15-7-5-4-6-8-15)21(25)22-12-19-23-20(24-28-19)17-10-9-16(26-2)11-18(17)27-3/h4-11,14H,12-13H2,1-3H3,(H,22,25)/t14-/m1/s1. The average molecular weight is 413 g/mol. The molecule has 0 aliphatic rings. The third-order valence-electron chi connectivity index (χ3n) is 4.24. The molecule has 1 heterocycles. The number of nitrogens with zero attached hydrogens (tertiary/aromatic N) is 2. The van der Waals surface area contributed by atoms with E-state index in [2.05, 4.69) is 15.5 Å². The lowest BCUT2D eigenvalue weighted by atomic mass is 10.2. The van der Waals surface area contributed by atoms with Crippen LogP contribution in [0.15, 0.2) is 53.1 Å². The van der Waals surface area contributed by atoms with Crippen molar-refractivity contribution in [3.05, 3.63) is 60.0 Å². The molecule has 3 aromatic rings. The Labute approximate surface area is 173 Å². The van der Waals surface area contributed by atoms with Gasteiger partial charge in [0.1, 0.15) is 11.5 Å². The summed E-state index contributed by atoms with van der Waals surface area (Å²) in [4.78, 5) is 16.7. The van der Waals surface area contributed by atoms with Crippen LogP contribution in [0.3, 0.4) is 0 Å². The van der Waals surface area contributed by atoms with E-state index in [1.807, 2.05) is 37.3 Å². The minimum atomic E-state index is -0.195. The Hall–Kier alpha value is -3.00. The monoisotopic (exact) mass is 413 g/mol. The first kappa shape index (κ1) is 20.7. The molecule has 0 bridgehead atoms. The number of hydrogen-bond acceptors (Lipinski definition) is 7. The summed E-state index contributed by atoms with van der Waals surface area (Å²) in [6.45, 7) is 2.05. The van der Waals surface area contributed by atoms with Gasteiger partial charge < -0.3 is 19.3 Å². The van der Waals surface area contributed by atoms with Gasteiger partial charge in [0.05, 0.1) is 31.6 Å². The van der Waals surface area contributed by atoms with E-state index in [0.29, 0.717) is 28.8 Å². The topological polar surface area (TPSA) is 86.5 Å². The quantitative estimate of drug-likeness (QED) is 0.572. The number of methoxy groups -OCH3 is 2. The Balaban J connectivity index is 1.55. The van der Waals surface area contributed by atoms with Crippen LogP contribution < -0.4 is 14.8 Å². The van der Waals surface area contributed by atoms with E-state index in [-0.39, 0.29) is 17.7 Å². The van der Waals surface area contributed by atoms with E-state index in [9.17, 15) is 4.79 Å². The zero-order chi connectivity index (χ0) is 20.6. The third-order valence-corrected chi connectivity index (χ3v) is 5.46.